The van der Waals surface area contributed by atoms with Crippen LogP contribution in [0.1, 0.15) is 39.6 Å². The minimum Gasteiger partial charge on any atom is -0.469 e. The molecule has 0 heterocycles. The molecule has 19 heavy (non-hydrogen) atoms. The second-order valence-corrected chi connectivity index (χ2v) is 3.80. The summed E-state index contributed by atoms with van der Waals surface area (Å²) in [6.45, 7) is 1.91. The third kappa shape index (κ3) is 3.91. The van der Waals surface area contributed by atoms with Gasteiger partial charge in [-0.25, -0.2) is 4.79 Å². The van der Waals surface area contributed by atoms with Gasteiger partial charge in [-0.3, -0.25) is 9.59 Å². The van der Waals surface area contributed by atoms with E-state index in [9.17, 15) is 14.4 Å². The normalized spacial score (nSPS) is 9.79. The van der Waals surface area contributed by atoms with E-state index in [1.165, 1.54) is 7.11 Å². The molecule has 0 atom stereocenters. The Balaban J connectivity index is 3.05. The minimum atomic E-state index is -0.551. The number of carbonyl (C=O) groups excluding carboxylic acids is 3. The Kier molecular flexibility index (Phi) is 5.73. The maximum atomic E-state index is 11.9. The van der Waals surface area contributed by atoms with E-state index in [2.05, 4.69) is 4.74 Å². The number of carbonyl (C=O) groups is 3. The first kappa shape index (κ1) is 14.9. The lowest BCUT2D eigenvalue weighted by Gasteiger charge is -2.10. The molecule has 0 bridgehead atoms. The first-order valence-corrected chi connectivity index (χ1v) is 5.95. The fraction of sp³-hybridized carbons (Fsp3) is 0.357. The molecule has 0 spiro atoms. The van der Waals surface area contributed by atoms with E-state index >= 15 is 0 Å². The summed E-state index contributed by atoms with van der Waals surface area (Å²) in [7, 11) is 1.30. The fourth-order valence-electron chi connectivity index (χ4n) is 1.72. The zero-order chi connectivity index (χ0) is 14.3. The van der Waals surface area contributed by atoms with Crippen LogP contribution in [0.2, 0.25) is 0 Å². The summed E-state index contributed by atoms with van der Waals surface area (Å²) in [4.78, 5) is 34.0. The topological polar surface area (TPSA) is 69.7 Å². The van der Waals surface area contributed by atoms with E-state index in [1.807, 2.05) is 0 Å². The molecule has 0 aliphatic heterocycles. The van der Waals surface area contributed by atoms with E-state index in [0.29, 0.717) is 18.3 Å². The Labute approximate surface area is 111 Å². The van der Waals surface area contributed by atoms with Gasteiger partial charge in [0.1, 0.15) is 0 Å². The number of esters is 2. The number of benzene rings is 1. The van der Waals surface area contributed by atoms with Gasteiger partial charge in [-0.15, -0.1) is 0 Å². The van der Waals surface area contributed by atoms with E-state index < -0.39 is 5.97 Å². The van der Waals surface area contributed by atoms with Crippen molar-refractivity contribution in [3.63, 3.8) is 0 Å². The molecule has 5 nitrogen and oxygen atoms in total. The van der Waals surface area contributed by atoms with Crippen LogP contribution < -0.4 is 0 Å². The highest BCUT2D eigenvalue weighted by Gasteiger charge is 2.17. The summed E-state index contributed by atoms with van der Waals surface area (Å²) in [5.74, 6) is -0.920. The first-order chi connectivity index (χ1) is 9.13. The van der Waals surface area contributed by atoms with Crippen molar-refractivity contribution in [2.75, 3.05) is 13.7 Å². The summed E-state index contributed by atoms with van der Waals surface area (Å²) in [6, 6.07) is 4.90. The summed E-state index contributed by atoms with van der Waals surface area (Å²) >= 11 is 0. The number of aryl methyl sites for hydroxylation is 1. The van der Waals surface area contributed by atoms with E-state index in [0.717, 1.165) is 0 Å². The van der Waals surface area contributed by atoms with Crippen molar-refractivity contribution in [1.82, 2.24) is 0 Å². The van der Waals surface area contributed by atoms with Crippen LogP contribution in [-0.4, -0.2) is 31.9 Å². The largest absolute Gasteiger partial charge is 0.469 e. The highest BCUT2D eigenvalue weighted by atomic mass is 16.5. The zero-order valence-corrected chi connectivity index (χ0v) is 11.0. The summed E-state index contributed by atoms with van der Waals surface area (Å²) in [5.41, 5.74) is 1.09. The van der Waals surface area contributed by atoms with Gasteiger partial charge in [-0.1, -0.05) is 18.2 Å². The van der Waals surface area contributed by atoms with Crippen LogP contribution in [-0.2, 0) is 20.7 Å². The number of hydrogen-bond donors (Lipinski definition) is 0. The minimum absolute atomic E-state index is 0.144. The van der Waals surface area contributed by atoms with Crippen LogP contribution in [0.3, 0.4) is 0 Å². The average molecular weight is 264 g/mol. The summed E-state index contributed by atoms with van der Waals surface area (Å²) in [6.07, 6.45) is 1.07. The van der Waals surface area contributed by atoms with Gasteiger partial charge in [0, 0.05) is 12.0 Å². The molecular weight excluding hydrogens is 248 g/mol. The quantitative estimate of drug-likeness (QED) is 0.578. The lowest BCUT2D eigenvalue weighted by molar-refractivity contribution is -0.140. The number of ether oxygens (including phenoxy) is 2. The molecule has 0 fully saturated rings. The lowest BCUT2D eigenvalue weighted by Crippen LogP contribution is -2.13. The number of aldehydes is 1. The smallest absolute Gasteiger partial charge is 0.339 e. The molecule has 0 aromatic heterocycles. The molecule has 1 rings (SSSR count). The molecule has 0 saturated heterocycles. The first-order valence-electron chi connectivity index (χ1n) is 5.95. The maximum Gasteiger partial charge on any atom is 0.339 e. The zero-order valence-electron chi connectivity index (χ0n) is 11.0. The van der Waals surface area contributed by atoms with Crippen molar-refractivity contribution in [3.8, 4) is 0 Å². The number of rotatable bonds is 6. The Morgan fingerprint density at radius 1 is 1.32 bits per heavy atom. The van der Waals surface area contributed by atoms with Crippen LogP contribution in [0.15, 0.2) is 18.2 Å². The molecule has 0 radical (unpaired) electrons. The second kappa shape index (κ2) is 7.31. The fourth-order valence-corrected chi connectivity index (χ4v) is 1.72. The highest BCUT2D eigenvalue weighted by molar-refractivity contribution is 5.99. The van der Waals surface area contributed by atoms with Crippen molar-refractivity contribution in [2.45, 2.75) is 19.8 Å². The average Bonchev–Trinajstić information content (AvgIpc) is 2.44. The molecule has 102 valence electrons. The van der Waals surface area contributed by atoms with Crippen LogP contribution >= 0.6 is 0 Å². The Morgan fingerprint density at radius 3 is 2.63 bits per heavy atom. The lowest BCUT2D eigenvalue weighted by atomic mass is 9.98. The van der Waals surface area contributed by atoms with Crippen molar-refractivity contribution in [1.29, 1.82) is 0 Å². The number of methoxy groups -OCH3 is 1. The molecule has 0 aliphatic carbocycles. The van der Waals surface area contributed by atoms with Crippen LogP contribution in [0.4, 0.5) is 0 Å². The third-order valence-corrected chi connectivity index (χ3v) is 2.62. The van der Waals surface area contributed by atoms with Gasteiger partial charge in [-0.2, -0.15) is 0 Å². The molecule has 0 N–H and O–H groups in total. The van der Waals surface area contributed by atoms with Crippen molar-refractivity contribution in [3.05, 3.63) is 34.9 Å². The van der Waals surface area contributed by atoms with Crippen molar-refractivity contribution >= 4 is 18.2 Å². The van der Waals surface area contributed by atoms with E-state index in [4.69, 9.17) is 4.74 Å². The van der Waals surface area contributed by atoms with Gasteiger partial charge in [0.25, 0.3) is 0 Å². The van der Waals surface area contributed by atoms with Crippen molar-refractivity contribution in [2.24, 2.45) is 0 Å². The van der Waals surface area contributed by atoms with Gasteiger partial charge < -0.3 is 9.47 Å². The Morgan fingerprint density at radius 2 is 2.05 bits per heavy atom. The standard InChI is InChI=1S/C14H16O5/c1-3-19-14(17)13-10(7-8-12(16)18-2)5-4-6-11(13)9-15/h4-6,9H,3,7-8H2,1-2H3. The van der Waals surface area contributed by atoms with Gasteiger partial charge in [-0.05, 0) is 18.9 Å². The molecule has 0 unspecified atom stereocenters. The molecule has 0 saturated carbocycles. The second-order valence-electron chi connectivity index (χ2n) is 3.80. The molecule has 5 heteroatoms. The van der Waals surface area contributed by atoms with Gasteiger partial charge in [0.05, 0.1) is 19.3 Å². The van der Waals surface area contributed by atoms with Crippen molar-refractivity contribution < 1.29 is 23.9 Å². The summed E-state index contributed by atoms with van der Waals surface area (Å²) in [5, 5.41) is 0. The Hall–Kier alpha value is -2.17. The predicted octanol–water partition coefficient (Wildman–Crippen LogP) is 1.78. The molecule has 0 amide bonds. The number of hydrogen-bond acceptors (Lipinski definition) is 5. The van der Waals surface area contributed by atoms with Gasteiger partial charge in [0.15, 0.2) is 6.29 Å². The molecule has 1 aromatic carbocycles. The monoisotopic (exact) mass is 264 g/mol. The molecule has 0 aliphatic rings. The Bertz CT molecular complexity index is 479. The third-order valence-electron chi connectivity index (χ3n) is 2.62. The summed E-state index contributed by atoms with van der Waals surface area (Å²) < 4.78 is 9.48. The SMILES string of the molecule is CCOC(=O)c1c(C=O)cccc1CCC(=O)OC. The van der Waals surface area contributed by atoms with Crippen LogP contribution in [0.25, 0.3) is 0 Å². The predicted molar refractivity (Wildman–Crippen MR) is 68.1 cm³/mol. The molecule has 1 aromatic rings. The maximum absolute atomic E-state index is 11.9. The van der Waals surface area contributed by atoms with E-state index in [1.54, 1.807) is 25.1 Å². The van der Waals surface area contributed by atoms with E-state index in [-0.39, 0.29) is 30.1 Å². The van der Waals surface area contributed by atoms with Crippen LogP contribution in [0, 0.1) is 0 Å². The van der Waals surface area contributed by atoms with Gasteiger partial charge in [0.2, 0.25) is 0 Å². The van der Waals surface area contributed by atoms with Crippen LogP contribution in [0.5, 0.6) is 0 Å². The highest BCUT2D eigenvalue weighted by Crippen LogP contribution is 2.17. The van der Waals surface area contributed by atoms with Gasteiger partial charge >= 0.3 is 11.9 Å². The molecular formula is C14H16O5.